The van der Waals surface area contributed by atoms with Gasteiger partial charge in [0.25, 0.3) is 0 Å². The van der Waals surface area contributed by atoms with Crippen LogP contribution < -0.4 is 10.6 Å². The van der Waals surface area contributed by atoms with Crippen LogP contribution in [0, 0.1) is 0 Å². The highest BCUT2D eigenvalue weighted by atomic mass is 127. The van der Waals surface area contributed by atoms with Gasteiger partial charge in [0.15, 0.2) is 5.96 Å². The number of hydrogen-bond donors (Lipinski definition) is 2. The zero-order valence-corrected chi connectivity index (χ0v) is 14.8. The van der Waals surface area contributed by atoms with Gasteiger partial charge in [0.2, 0.25) is 0 Å². The molecule has 0 radical (unpaired) electrons. The molecule has 0 aromatic carbocycles. The van der Waals surface area contributed by atoms with E-state index in [0.717, 1.165) is 43.1 Å². The van der Waals surface area contributed by atoms with Crippen LogP contribution in [0.2, 0.25) is 0 Å². The molecule has 2 N–H and O–H groups in total. The van der Waals surface area contributed by atoms with E-state index in [4.69, 9.17) is 4.42 Å². The summed E-state index contributed by atoms with van der Waals surface area (Å²) in [5.41, 5.74) is 1.06. The predicted molar refractivity (Wildman–Crippen MR) is 98.2 cm³/mol. The van der Waals surface area contributed by atoms with Crippen LogP contribution in [0.5, 0.6) is 0 Å². The lowest BCUT2D eigenvalue weighted by Crippen LogP contribution is -2.43. The van der Waals surface area contributed by atoms with Gasteiger partial charge < -0.3 is 15.1 Å². The van der Waals surface area contributed by atoms with Gasteiger partial charge in [-0.05, 0) is 31.9 Å². The molecule has 5 heteroatoms. The van der Waals surface area contributed by atoms with Gasteiger partial charge in [0.05, 0.1) is 12.8 Å². The third-order valence-electron chi connectivity index (χ3n) is 3.10. The van der Waals surface area contributed by atoms with Gasteiger partial charge in [-0.3, -0.25) is 0 Å². The molecule has 1 aliphatic rings. The van der Waals surface area contributed by atoms with Gasteiger partial charge in [-0.2, -0.15) is 0 Å². The molecule has 0 saturated carbocycles. The maximum atomic E-state index is 5.32. The Morgan fingerprint density at radius 3 is 2.81 bits per heavy atom. The summed E-state index contributed by atoms with van der Waals surface area (Å²) < 4.78 is 5.32. The molecular formula is C16H24IN3O. The van der Waals surface area contributed by atoms with Crippen molar-refractivity contribution in [3.8, 4) is 0 Å². The van der Waals surface area contributed by atoms with E-state index in [2.05, 4.69) is 34.4 Å². The first-order valence-electron chi connectivity index (χ1n) is 7.10. The SMILES string of the molecule is C=C(C)CN=C(NCCc1ccco1)NC1CC=CC1.I. The summed E-state index contributed by atoms with van der Waals surface area (Å²) in [4.78, 5) is 4.54. The number of nitrogens with zero attached hydrogens (tertiary/aromatic N) is 1. The summed E-state index contributed by atoms with van der Waals surface area (Å²) in [6, 6.07) is 4.35. The van der Waals surface area contributed by atoms with Crippen LogP contribution in [-0.4, -0.2) is 25.1 Å². The van der Waals surface area contributed by atoms with Crippen LogP contribution >= 0.6 is 24.0 Å². The summed E-state index contributed by atoms with van der Waals surface area (Å²) in [6.45, 7) is 7.33. The Morgan fingerprint density at radius 1 is 1.43 bits per heavy atom. The second kappa shape index (κ2) is 9.65. The third-order valence-corrected chi connectivity index (χ3v) is 3.10. The molecule has 0 unspecified atom stereocenters. The number of nitrogens with one attached hydrogen (secondary N) is 2. The van der Waals surface area contributed by atoms with E-state index in [0.29, 0.717) is 12.6 Å². The Labute approximate surface area is 143 Å². The summed E-state index contributed by atoms with van der Waals surface area (Å²) >= 11 is 0. The van der Waals surface area contributed by atoms with Crippen molar-refractivity contribution in [2.45, 2.75) is 32.2 Å². The maximum absolute atomic E-state index is 5.32. The number of hydrogen-bond acceptors (Lipinski definition) is 2. The van der Waals surface area contributed by atoms with E-state index >= 15 is 0 Å². The highest BCUT2D eigenvalue weighted by Gasteiger charge is 2.11. The molecule has 2 rings (SSSR count). The fraction of sp³-hybridized carbons (Fsp3) is 0.438. The normalized spacial score (nSPS) is 14.8. The minimum absolute atomic E-state index is 0. The minimum Gasteiger partial charge on any atom is -0.469 e. The summed E-state index contributed by atoms with van der Waals surface area (Å²) in [7, 11) is 0. The largest absolute Gasteiger partial charge is 0.469 e. The molecule has 116 valence electrons. The third kappa shape index (κ3) is 6.84. The van der Waals surface area contributed by atoms with E-state index in [1.54, 1.807) is 6.26 Å². The first-order chi connectivity index (χ1) is 9.74. The van der Waals surface area contributed by atoms with E-state index in [9.17, 15) is 0 Å². The van der Waals surface area contributed by atoms with Gasteiger partial charge >= 0.3 is 0 Å². The molecule has 0 atom stereocenters. The summed E-state index contributed by atoms with van der Waals surface area (Å²) in [5, 5.41) is 6.81. The van der Waals surface area contributed by atoms with E-state index in [1.165, 1.54) is 0 Å². The molecule has 0 bridgehead atoms. The van der Waals surface area contributed by atoms with Gasteiger partial charge in [-0.1, -0.05) is 24.3 Å². The first-order valence-corrected chi connectivity index (χ1v) is 7.10. The molecule has 21 heavy (non-hydrogen) atoms. The first kappa shape index (κ1) is 17.8. The Balaban J connectivity index is 0.00000220. The highest BCUT2D eigenvalue weighted by molar-refractivity contribution is 14.0. The zero-order valence-electron chi connectivity index (χ0n) is 12.5. The lowest BCUT2D eigenvalue weighted by atomic mass is 10.2. The maximum Gasteiger partial charge on any atom is 0.191 e. The fourth-order valence-electron chi connectivity index (χ4n) is 2.05. The zero-order chi connectivity index (χ0) is 14.2. The standard InChI is InChI=1S/C16H23N3O.HI/c1-13(2)12-18-16(19-14-6-3-4-7-14)17-10-9-15-8-5-11-20-15;/h3-5,8,11,14H,1,6-7,9-10,12H2,2H3,(H2,17,18,19);1H. The van der Waals surface area contributed by atoms with Gasteiger partial charge in [0.1, 0.15) is 5.76 Å². The molecule has 0 fully saturated rings. The molecule has 0 amide bonds. The van der Waals surface area contributed by atoms with Crippen LogP contribution in [0.15, 0.2) is 52.1 Å². The van der Waals surface area contributed by atoms with Crippen molar-refractivity contribution >= 4 is 29.9 Å². The second-order valence-corrected chi connectivity index (χ2v) is 5.16. The van der Waals surface area contributed by atoms with Crippen molar-refractivity contribution in [1.82, 2.24) is 10.6 Å². The van der Waals surface area contributed by atoms with Crippen LogP contribution in [0.3, 0.4) is 0 Å². The predicted octanol–water partition coefficient (Wildman–Crippen LogP) is 3.27. The number of guanidine groups is 1. The molecule has 0 aliphatic heterocycles. The van der Waals surface area contributed by atoms with Crippen LogP contribution in [-0.2, 0) is 6.42 Å². The quantitative estimate of drug-likeness (QED) is 0.333. The molecular weight excluding hydrogens is 377 g/mol. The van der Waals surface area contributed by atoms with Gasteiger partial charge in [0, 0.05) is 19.0 Å². The minimum atomic E-state index is 0. The molecule has 0 saturated heterocycles. The topological polar surface area (TPSA) is 49.6 Å². The second-order valence-electron chi connectivity index (χ2n) is 5.16. The van der Waals surface area contributed by atoms with Crippen molar-refractivity contribution in [2.75, 3.05) is 13.1 Å². The van der Waals surface area contributed by atoms with Crippen molar-refractivity contribution < 1.29 is 4.42 Å². The van der Waals surface area contributed by atoms with E-state index in [1.807, 2.05) is 19.1 Å². The molecule has 0 spiro atoms. The van der Waals surface area contributed by atoms with Crippen LogP contribution in [0.25, 0.3) is 0 Å². The molecule has 1 aromatic heterocycles. The van der Waals surface area contributed by atoms with Gasteiger partial charge in [-0.15, -0.1) is 24.0 Å². The highest BCUT2D eigenvalue weighted by Crippen LogP contribution is 2.08. The summed E-state index contributed by atoms with van der Waals surface area (Å²) in [5.74, 6) is 1.84. The average molecular weight is 401 g/mol. The average Bonchev–Trinajstić information content (AvgIpc) is 3.08. The lowest BCUT2D eigenvalue weighted by Gasteiger charge is -2.17. The monoisotopic (exact) mass is 401 g/mol. The smallest absolute Gasteiger partial charge is 0.191 e. The van der Waals surface area contributed by atoms with Crippen molar-refractivity contribution in [3.05, 3.63) is 48.5 Å². The van der Waals surface area contributed by atoms with Crippen molar-refractivity contribution in [2.24, 2.45) is 4.99 Å². The van der Waals surface area contributed by atoms with Crippen LogP contribution in [0.1, 0.15) is 25.5 Å². The van der Waals surface area contributed by atoms with E-state index in [-0.39, 0.29) is 24.0 Å². The molecule has 1 aliphatic carbocycles. The molecule has 4 nitrogen and oxygen atoms in total. The molecule has 1 heterocycles. The number of aliphatic imine (C=N–C) groups is 1. The number of rotatable bonds is 6. The van der Waals surface area contributed by atoms with Gasteiger partial charge in [-0.25, -0.2) is 4.99 Å². The van der Waals surface area contributed by atoms with Crippen molar-refractivity contribution in [3.63, 3.8) is 0 Å². The number of furan rings is 1. The fourth-order valence-corrected chi connectivity index (χ4v) is 2.05. The number of halogens is 1. The molecule has 1 aromatic rings. The van der Waals surface area contributed by atoms with E-state index < -0.39 is 0 Å². The lowest BCUT2D eigenvalue weighted by molar-refractivity contribution is 0.506. The Kier molecular flexibility index (Phi) is 8.19. The Morgan fingerprint density at radius 2 is 2.19 bits per heavy atom. The van der Waals surface area contributed by atoms with Crippen LogP contribution in [0.4, 0.5) is 0 Å². The van der Waals surface area contributed by atoms with Crippen molar-refractivity contribution in [1.29, 1.82) is 0 Å². The Bertz CT molecular complexity index is 472. The Hall–Kier alpha value is -1.24. The summed E-state index contributed by atoms with van der Waals surface area (Å²) in [6.07, 6.45) is 9.09.